The molecule has 4 N–H and O–H groups in total. The van der Waals surface area contributed by atoms with Crippen LogP contribution in [0, 0.1) is 5.82 Å². The maximum atomic E-state index is 14.0. The normalized spacial score (nSPS) is 14.3. The van der Waals surface area contributed by atoms with Crippen molar-refractivity contribution < 1.29 is 16.0 Å². The van der Waals surface area contributed by atoms with Crippen molar-refractivity contribution >= 4 is 28.2 Å². The standard InChI is InChI=1S/C21H26FN5O3/c1-12(29)14-10-16(23-11-15(14)22)24-17-9-13-5-6-27(7-8-28)20(30)18(13)19(25-17)26-21(2,3)4/h5-6,9-12,28-29H,7-8H2,1-4H3,(H2,23,24,25,26)/i12D. The Morgan fingerprint density at radius 1 is 1.33 bits per heavy atom. The molecule has 0 aliphatic carbocycles. The third-order valence-electron chi connectivity index (χ3n) is 4.29. The van der Waals surface area contributed by atoms with E-state index in [-0.39, 0.29) is 30.1 Å². The Balaban J connectivity index is 2.12. The first-order valence-electron chi connectivity index (χ1n) is 9.98. The average Bonchev–Trinajstić information content (AvgIpc) is 2.63. The van der Waals surface area contributed by atoms with Crippen LogP contribution in [-0.2, 0) is 6.54 Å². The molecule has 0 aliphatic rings. The van der Waals surface area contributed by atoms with E-state index in [1.165, 1.54) is 10.6 Å². The Bertz CT molecular complexity index is 1170. The maximum absolute atomic E-state index is 14.0. The van der Waals surface area contributed by atoms with Gasteiger partial charge in [0.2, 0.25) is 0 Å². The van der Waals surface area contributed by atoms with Crippen LogP contribution < -0.4 is 16.2 Å². The number of nitrogens with one attached hydrogen (secondary N) is 2. The van der Waals surface area contributed by atoms with Crippen molar-refractivity contribution in [2.24, 2.45) is 0 Å². The molecular weight excluding hydrogens is 389 g/mol. The number of anilines is 3. The van der Waals surface area contributed by atoms with Crippen LogP contribution >= 0.6 is 0 Å². The van der Waals surface area contributed by atoms with Gasteiger partial charge in [-0.1, -0.05) is 0 Å². The first-order valence-corrected chi connectivity index (χ1v) is 9.48. The van der Waals surface area contributed by atoms with E-state index in [9.17, 15) is 19.4 Å². The van der Waals surface area contributed by atoms with Gasteiger partial charge in [-0.15, -0.1) is 0 Å². The van der Waals surface area contributed by atoms with E-state index in [2.05, 4.69) is 20.6 Å². The molecule has 3 aromatic heterocycles. The lowest BCUT2D eigenvalue weighted by Gasteiger charge is -2.23. The van der Waals surface area contributed by atoms with Crippen LogP contribution in [0.1, 0.15) is 40.7 Å². The molecular formula is C21H26FN5O3. The number of fused-ring (bicyclic) bond motifs is 1. The van der Waals surface area contributed by atoms with Crippen LogP contribution in [0.3, 0.4) is 0 Å². The van der Waals surface area contributed by atoms with Gasteiger partial charge >= 0.3 is 0 Å². The molecule has 0 spiro atoms. The fraction of sp³-hybridized carbons (Fsp3) is 0.381. The van der Waals surface area contributed by atoms with Crippen LogP contribution in [0.4, 0.5) is 21.8 Å². The van der Waals surface area contributed by atoms with Gasteiger partial charge in [0.05, 0.1) is 25.6 Å². The van der Waals surface area contributed by atoms with Crippen molar-refractivity contribution in [2.45, 2.75) is 45.9 Å². The Morgan fingerprint density at radius 2 is 2.07 bits per heavy atom. The SMILES string of the molecule is [2H]C(C)(O)c1cc(Nc2cc3ccn(CCO)c(=O)c3c(NC(C)(C)C)n2)ncc1F. The summed E-state index contributed by atoms with van der Waals surface area (Å²) < 4.78 is 23.1. The largest absolute Gasteiger partial charge is 0.395 e. The number of aromatic nitrogens is 3. The number of rotatable bonds is 6. The van der Waals surface area contributed by atoms with E-state index in [0.717, 1.165) is 13.1 Å². The summed E-state index contributed by atoms with van der Waals surface area (Å²) in [5.41, 5.74) is -0.913. The van der Waals surface area contributed by atoms with Gasteiger partial charge in [-0.25, -0.2) is 14.4 Å². The second-order valence-electron chi connectivity index (χ2n) is 7.99. The highest BCUT2D eigenvalue weighted by Crippen LogP contribution is 2.27. The summed E-state index contributed by atoms with van der Waals surface area (Å²) in [6.45, 7) is 6.95. The second-order valence-corrected chi connectivity index (χ2v) is 7.99. The Kier molecular flexibility index (Phi) is 5.65. The fourth-order valence-electron chi connectivity index (χ4n) is 3.01. The zero-order valence-electron chi connectivity index (χ0n) is 18.3. The predicted octanol–water partition coefficient (Wildman–Crippen LogP) is 2.93. The first kappa shape index (κ1) is 20.2. The van der Waals surface area contributed by atoms with Gasteiger partial charge in [-0.2, -0.15) is 0 Å². The van der Waals surface area contributed by atoms with Gasteiger partial charge in [0, 0.05) is 23.8 Å². The van der Waals surface area contributed by atoms with Gasteiger partial charge < -0.3 is 25.4 Å². The lowest BCUT2D eigenvalue weighted by Crippen LogP contribution is -2.29. The molecule has 3 aromatic rings. The highest BCUT2D eigenvalue weighted by atomic mass is 19.1. The molecule has 0 bridgehead atoms. The third-order valence-corrected chi connectivity index (χ3v) is 4.29. The fourth-order valence-corrected chi connectivity index (χ4v) is 3.01. The molecule has 0 saturated carbocycles. The minimum absolute atomic E-state index is 0.166. The molecule has 0 aromatic carbocycles. The molecule has 0 fully saturated rings. The van der Waals surface area contributed by atoms with Gasteiger partial charge in [-0.05, 0) is 51.3 Å². The number of aliphatic hydroxyl groups is 2. The third kappa shape index (κ3) is 4.74. The summed E-state index contributed by atoms with van der Waals surface area (Å²) in [5, 5.41) is 26.2. The highest BCUT2D eigenvalue weighted by Gasteiger charge is 2.18. The Labute approximate surface area is 174 Å². The van der Waals surface area contributed by atoms with Gasteiger partial charge in [0.25, 0.3) is 5.56 Å². The van der Waals surface area contributed by atoms with E-state index in [1.807, 2.05) is 20.8 Å². The maximum Gasteiger partial charge on any atom is 0.262 e. The van der Waals surface area contributed by atoms with E-state index in [1.54, 1.807) is 18.3 Å². The number of halogens is 1. The monoisotopic (exact) mass is 416 g/mol. The molecule has 0 aliphatic heterocycles. The number of nitrogens with zero attached hydrogens (tertiary/aromatic N) is 3. The molecule has 0 saturated heterocycles. The van der Waals surface area contributed by atoms with Gasteiger partial charge in [0.1, 0.15) is 23.3 Å². The van der Waals surface area contributed by atoms with Crippen LogP contribution in [0.25, 0.3) is 10.8 Å². The molecule has 3 heterocycles. The summed E-state index contributed by atoms with van der Waals surface area (Å²) in [4.78, 5) is 21.4. The molecule has 0 radical (unpaired) electrons. The molecule has 30 heavy (non-hydrogen) atoms. The Morgan fingerprint density at radius 3 is 2.70 bits per heavy atom. The number of hydrogen-bond acceptors (Lipinski definition) is 7. The van der Waals surface area contributed by atoms with Gasteiger partial charge in [0.15, 0.2) is 0 Å². The van der Waals surface area contributed by atoms with Crippen molar-refractivity contribution in [3.8, 4) is 0 Å². The lowest BCUT2D eigenvalue weighted by atomic mass is 10.1. The van der Waals surface area contributed by atoms with Crippen molar-refractivity contribution in [3.05, 3.63) is 52.3 Å². The summed E-state index contributed by atoms with van der Waals surface area (Å²) in [5.74, 6) is 0.0792. The minimum atomic E-state index is -2.13. The Hall–Kier alpha value is -3.04. The van der Waals surface area contributed by atoms with Crippen molar-refractivity contribution in [1.82, 2.24) is 14.5 Å². The summed E-state index contributed by atoms with van der Waals surface area (Å²) >= 11 is 0. The van der Waals surface area contributed by atoms with Crippen LogP contribution in [0.5, 0.6) is 0 Å². The smallest absolute Gasteiger partial charge is 0.262 e. The van der Waals surface area contributed by atoms with Crippen molar-refractivity contribution in [2.75, 3.05) is 17.2 Å². The number of hydrogen-bond donors (Lipinski definition) is 4. The van der Waals surface area contributed by atoms with E-state index < -0.39 is 17.4 Å². The molecule has 160 valence electrons. The summed E-state index contributed by atoms with van der Waals surface area (Å²) in [6, 6.07) is 4.63. The molecule has 0 amide bonds. The van der Waals surface area contributed by atoms with E-state index in [0.29, 0.717) is 22.4 Å². The number of aliphatic hydroxyl groups excluding tert-OH is 1. The molecule has 8 nitrogen and oxygen atoms in total. The topological polar surface area (TPSA) is 112 Å². The van der Waals surface area contributed by atoms with Crippen molar-refractivity contribution in [3.63, 3.8) is 0 Å². The van der Waals surface area contributed by atoms with Crippen LogP contribution in [-0.4, -0.2) is 36.9 Å². The van der Waals surface area contributed by atoms with Crippen molar-refractivity contribution in [1.29, 1.82) is 0 Å². The van der Waals surface area contributed by atoms with Gasteiger partial charge in [-0.3, -0.25) is 4.79 Å². The first-order chi connectivity index (χ1) is 14.4. The average molecular weight is 416 g/mol. The zero-order valence-corrected chi connectivity index (χ0v) is 17.3. The quantitative estimate of drug-likeness (QED) is 0.489. The second kappa shape index (κ2) is 8.37. The molecule has 1 atom stereocenters. The number of pyridine rings is 3. The lowest BCUT2D eigenvalue weighted by molar-refractivity contribution is 0.194. The summed E-state index contributed by atoms with van der Waals surface area (Å²) in [6.07, 6.45) is 0.387. The zero-order chi connectivity index (χ0) is 23.0. The van der Waals surface area contributed by atoms with E-state index >= 15 is 0 Å². The van der Waals surface area contributed by atoms with E-state index in [4.69, 9.17) is 1.37 Å². The minimum Gasteiger partial charge on any atom is -0.395 e. The van der Waals surface area contributed by atoms with Crippen LogP contribution in [0.15, 0.2) is 35.4 Å². The predicted molar refractivity (Wildman–Crippen MR) is 115 cm³/mol. The molecule has 3 rings (SSSR count). The molecule has 9 heteroatoms. The highest BCUT2D eigenvalue weighted by molar-refractivity contribution is 5.93. The molecule has 1 unspecified atom stereocenters. The van der Waals surface area contributed by atoms with Crippen LogP contribution in [0.2, 0.25) is 0 Å². The summed E-state index contributed by atoms with van der Waals surface area (Å²) in [7, 11) is 0.